The molecule has 0 fully saturated rings. The summed E-state index contributed by atoms with van der Waals surface area (Å²) < 4.78 is 10.5. The number of esters is 1. The van der Waals surface area contributed by atoms with Crippen LogP contribution in [0.2, 0.25) is 5.02 Å². The van der Waals surface area contributed by atoms with Crippen molar-refractivity contribution in [2.75, 3.05) is 12.4 Å². The Bertz CT molecular complexity index is 807. The molecule has 0 saturated heterocycles. The average Bonchev–Trinajstić information content (AvgIpc) is 2.64. The van der Waals surface area contributed by atoms with Crippen LogP contribution >= 0.6 is 11.6 Å². The number of halogens is 1. The third-order valence-electron chi connectivity index (χ3n) is 4.26. The van der Waals surface area contributed by atoms with E-state index in [-0.39, 0.29) is 12.3 Å². The molecule has 0 aliphatic heterocycles. The minimum Gasteiger partial charge on any atom is -0.495 e. The van der Waals surface area contributed by atoms with Crippen LogP contribution in [0, 0.1) is 6.92 Å². The number of carbonyl (C=O) groups excluding carboxylic acids is 2. The third-order valence-corrected chi connectivity index (χ3v) is 4.66. The molecule has 0 unspecified atom stereocenters. The maximum Gasteiger partial charge on any atom is 0.307 e. The van der Waals surface area contributed by atoms with Gasteiger partial charge in [-0.25, -0.2) is 0 Å². The molecule has 2 atom stereocenters. The number of hydrogen-bond acceptors (Lipinski definition) is 4. The summed E-state index contributed by atoms with van der Waals surface area (Å²) in [6.07, 6.45) is -0.730. The smallest absolute Gasteiger partial charge is 0.307 e. The minimum absolute atomic E-state index is 0.00738. The Morgan fingerprint density at radius 1 is 1.15 bits per heavy atom. The van der Waals surface area contributed by atoms with Crippen LogP contribution < -0.4 is 10.1 Å². The molecule has 0 bridgehead atoms. The average molecular weight is 390 g/mol. The monoisotopic (exact) mass is 389 g/mol. The summed E-state index contributed by atoms with van der Waals surface area (Å²) in [5.41, 5.74) is 2.33. The highest BCUT2D eigenvalue weighted by atomic mass is 35.5. The highest BCUT2D eigenvalue weighted by Gasteiger charge is 2.21. The van der Waals surface area contributed by atoms with Crippen LogP contribution in [0.3, 0.4) is 0 Å². The minimum atomic E-state index is -0.929. The van der Waals surface area contributed by atoms with Gasteiger partial charge in [-0.05, 0) is 37.0 Å². The molecule has 1 N–H and O–H groups in total. The number of carbonyl (C=O) groups is 2. The molecule has 5 nitrogen and oxygen atoms in total. The second-order valence-electron chi connectivity index (χ2n) is 6.44. The number of nitrogens with one attached hydrogen (secondary N) is 1. The number of anilines is 1. The number of hydrogen-bond donors (Lipinski definition) is 1. The molecule has 0 aromatic heterocycles. The molecule has 0 aliphatic carbocycles. The molecule has 0 heterocycles. The molecular formula is C21H24ClNO4. The lowest BCUT2D eigenvalue weighted by molar-refractivity contribution is -0.153. The summed E-state index contributed by atoms with van der Waals surface area (Å²) in [6.45, 7) is 5.31. The largest absolute Gasteiger partial charge is 0.495 e. The lowest BCUT2D eigenvalue weighted by atomic mass is 9.98. The van der Waals surface area contributed by atoms with E-state index in [1.165, 1.54) is 14.0 Å². The van der Waals surface area contributed by atoms with Gasteiger partial charge in [0.25, 0.3) is 5.91 Å². The highest BCUT2D eigenvalue weighted by molar-refractivity contribution is 6.31. The van der Waals surface area contributed by atoms with Crippen LogP contribution in [0.15, 0.2) is 42.5 Å². The van der Waals surface area contributed by atoms with Gasteiger partial charge in [0.2, 0.25) is 0 Å². The molecule has 2 aromatic rings. The molecule has 0 aliphatic rings. The molecule has 27 heavy (non-hydrogen) atoms. The van der Waals surface area contributed by atoms with Crippen LogP contribution in [0.5, 0.6) is 5.75 Å². The van der Waals surface area contributed by atoms with Crippen molar-refractivity contribution in [3.63, 3.8) is 0 Å². The lowest BCUT2D eigenvalue weighted by Gasteiger charge is -2.17. The van der Waals surface area contributed by atoms with Crippen molar-refractivity contribution in [2.24, 2.45) is 0 Å². The molecular weight excluding hydrogens is 366 g/mol. The van der Waals surface area contributed by atoms with Gasteiger partial charge >= 0.3 is 5.97 Å². The van der Waals surface area contributed by atoms with Crippen molar-refractivity contribution >= 4 is 29.2 Å². The van der Waals surface area contributed by atoms with E-state index in [9.17, 15) is 9.59 Å². The molecule has 0 saturated carbocycles. The van der Waals surface area contributed by atoms with Crippen molar-refractivity contribution in [1.29, 1.82) is 0 Å². The Morgan fingerprint density at radius 3 is 2.44 bits per heavy atom. The van der Waals surface area contributed by atoms with E-state index in [4.69, 9.17) is 21.1 Å². The zero-order chi connectivity index (χ0) is 20.0. The molecule has 2 aromatic carbocycles. The van der Waals surface area contributed by atoms with Crippen molar-refractivity contribution in [1.82, 2.24) is 0 Å². The predicted octanol–water partition coefficient (Wildman–Crippen LogP) is 4.72. The highest BCUT2D eigenvalue weighted by Crippen LogP contribution is 2.31. The van der Waals surface area contributed by atoms with Gasteiger partial charge in [0, 0.05) is 11.1 Å². The van der Waals surface area contributed by atoms with Crippen LogP contribution in [-0.2, 0) is 14.3 Å². The van der Waals surface area contributed by atoms with Gasteiger partial charge in [-0.15, -0.1) is 0 Å². The first-order valence-corrected chi connectivity index (χ1v) is 9.09. The normalized spacial score (nSPS) is 12.8. The topological polar surface area (TPSA) is 64.6 Å². The fourth-order valence-electron chi connectivity index (χ4n) is 2.61. The Kier molecular flexibility index (Phi) is 7.25. The SMILES string of the molecule is COc1cc(Cl)c(C)cc1NC(=O)[C@@H](C)OC(=O)C[C@@H](C)c1ccccc1. The molecule has 1 amide bonds. The van der Waals surface area contributed by atoms with Gasteiger partial charge in [0.1, 0.15) is 5.75 Å². The van der Waals surface area contributed by atoms with Crippen LogP contribution in [-0.4, -0.2) is 25.1 Å². The molecule has 144 valence electrons. The second kappa shape index (κ2) is 9.42. The number of methoxy groups -OCH3 is 1. The van der Waals surface area contributed by atoms with E-state index in [1.54, 1.807) is 12.1 Å². The van der Waals surface area contributed by atoms with Gasteiger partial charge in [-0.3, -0.25) is 9.59 Å². The van der Waals surface area contributed by atoms with E-state index in [0.717, 1.165) is 11.1 Å². The molecule has 0 radical (unpaired) electrons. The maximum absolute atomic E-state index is 12.4. The summed E-state index contributed by atoms with van der Waals surface area (Å²) in [7, 11) is 1.49. The van der Waals surface area contributed by atoms with Gasteiger partial charge in [0.15, 0.2) is 6.10 Å². The number of amides is 1. The molecule has 2 rings (SSSR count). The Hall–Kier alpha value is -2.53. The number of ether oxygens (including phenoxy) is 2. The van der Waals surface area contributed by atoms with Crippen molar-refractivity contribution < 1.29 is 19.1 Å². The second-order valence-corrected chi connectivity index (χ2v) is 6.85. The summed E-state index contributed by atoms with van der Waals surface area (Å²) >= 11 is 6.07. The quantitative estimate of drug-likeness (QED) is 0.696. The fraction of sp³-hybridized carbons (Fsp3) is 0.333. The summed E-state index contributed by atoms with van der Waals surface area (Å²) in [5.74, 6) is -0.410. The first-order chi connectivity index (χ1) is 12.8. The predicted molar refractivity (Wildman–Crippen MR) is 106 cm³/mol. The van der Waals surface area contributed by atoms with Crippen LogP contribution in [0.25, 0.3) is 0 Å². The number of benzene rings is 2. The van der Waals surface area contributed by atoms with E-state index >= 15 is 0 Å². The van der Waals surface area contributed by atoms with E-state index < -0.39 is 18.0 Å². The van der Waals surface area contributed by atoms with Crippen molar-refractivity contribution in [2.45, 2.75) is 39.2 Å². The number of rotatable bonds is 7. The summed E-state index contributed by atoms with van der Waals surface area (Å²) in [5, 5.41) is 3.26. The fourth-order valence-corrected chi connectivity index (χ4v) is 2.77. The first-order valence-electron chi connectivity index (χ1n) is 8.71. The van der Waals surface area contributed by atoms with Crippen molar-refractivity contribution in [3.05, 3.63) is 58.6 Å². The van der Waals surface area contributed by atoms with Gasteiger partial charge < -0.3 is 14.8 Å². The van der Waals surface area contributed by atoms with E-state index in [0.29, 0.717) is 16.5 Å². The van der Waals surface area contributed by atoms with Crippen LogP contribution in [0.1, 0.15) is 37.3 Å². The Balaban J connectivity index is 1.95. The van der Waals surface area contributed by atoms with Crippen LogP contribution in [0.4, 0.5) is 5.69 Å². The molecule has 6 heteroatoms. The zero-order valence-corrected chi connectivity index (χ0v) is 16.7. The summed E-state index contributed by atoms with van der Waals surface area (Å²) in [4.78, 5) is 24.6. The zero-order valence-electron chi connectivity index (χ0n) is 15.9. The summed E-state index contributed by atoms with van der Waals surface area (Å²) in [6, 6.07) is 13.0. The van der Waals surface area contributed by atoms with Gasteiger partial charge in [0.05, 0.1) is 19.2 Å². The van der Waals surface area contributed by atoms with E-state index in [1.807, 2.05) is 44.2 Å². The standard InChI is InChI=1S/C21H24ClNO4/c1-13(16-8-6-5-7-9-16)11-20(24)27-15(3)21(25)23-18-10-14(2)17(22)12-19(18)26-4/h5-10,12-13,15H,11H2,1-4H3,(H,23,25)/t13-,15-/m1/s1. The maximum atomic E-state index is 12.4. The van der Waals surface area contributed by atoms with Gasteiger partial charge in [-0.1, -0.05) is 48.9 Å². The third kappa shape index (κ3) is 5.73. The van der Waals surface area contributed by atoms with E-state index in [2.05, 4.69) is 5.32 Å². The van der Waals surface area contributed by atoms with Crippen molar-refractivity contribution in [3.8, 4) is 5.75 Å². The Morgan fingerprint density at radius 2 is 1.81 bits per heavy atom. The number of aryl methyl sites for hydroxylation is 1. The first kappa shape index (κ1) is 20.8. The molecule has 0 spiro atoms. The lowest BCUT2D eigenvalue weighted by Crippen LogP contribution is -2.30. The Labute approximate surface area is 164 Å². The van der Waals surface area contributed by atoms with Gasteiger partial charge in [-0.2, -0.15) is 0 Å².